The van der Waals surface area contributed by atoms with Crippen molar-refractivity contribution in [3.63, 3.8) is 0 Å². The molecule has 158 valence electrons. The Balaban J connectivity index is 2.24. The van der Waals surface area contributed by atoms with E-state index in [4.69, 9.17) is 11.6 Å². The monoisotopic (exact) mass is 448 g/mol. The van der Waals surface area contributed by atoms with E-state index >= 15 is 0 Å². The molecule has 2 rings (SSSR count). The number of carbonyl (C=O) groups is 1. The largest absolute Gasteiger partial charge is 0.416 e. The third-order valence-corrected chi connectivity index (χ3v) is 5.53. The zero-order valence-electron chi connectivity index (χ0n) is 15.7. The van der Waals surface area contributed by atoms with Gasteiger partial charge in [-0.15, -0.1) is 0 Å². The van der Waals surface area contributed by atoms with Crippen molar-refractivity contribution in [1.29, 1.82) is 0 Å². The first-order valence-corrected chi connectivity index (χ1v) is 10.8. The average Bonchev–Trinajstić information content (AvgIpc) is 2.62. The van der Waals surface area contributed by atoms with Gasteiger partial charge in [-0.3, -0.25) is 9.10 Å². The Morgan fingerprint density at radius 3 is 2.38 bits per heavy atom. The molecular weight excluding hydrogens is 429 g/mol. The number of alkyl halides is 3. The van der Waals surface area contributed by atoms with Gasteiger partial charge < -0.3 is 5.32 Å². The summed E-state index contributed by atoms with van der Waals surface area (Å²) in [5.74, 6) is -0.629. The van der Waals surface area contributed by atoms with E-state index in [2.05, 4.69) is 5.32 Å². The number of amides is 1. The van der Waals surface area contributed by atoms with Crippen LogP contribution in [0.1, 0.15) is 24.5 Å². The molecular formula is C19H20ClF3N2O3S. The van der Waals surface area contributed by atoms with Crippen LogP contribution < -0.4 is 9.62 Å². The number of rotatable bonds is 7. The molecule has 0 unspecified atom stereocenters. The van der Waals surface area contributed by atoms with Crippen LogP contribution in [0.3, 0.4) is 0 Å². The molecule has 0 saturated heterocycles. The molecule has 29 heavy (non-hydrogen) atoms. The molecule has 0 heterocycles. The fourth-order valence-corrected chi connectivity index (χ4v) is 4.23. The summed E-state index contributed by atoms with van der Waals surface area (Å²) in [6, 6.07) is 9.54. The Labute approximate surface area is 172 Å². The molecule has 0 spiro atoms. The third-order valence-electron chi connectivity index (χ3n) is 4.11. The molecule has 0 fully saturated rings. The summed E-state index contributed by atoms with van der Waals surface area (Å²) < 4.78 is 64.2. The highest BCUT2D eigenvalue weighted by molar-refractivity contribution is 7.92. The van der Waals surface area contributed by atoms with Gasteiger partial charge >= 0.3 is 6.18 Å². The minimum absolute atomic E-state index is 0.147. The molecule has 5 nitrogen and oxygen atoms in total. The van der Waals surface area contributed by atoms with Crippen molar-refractivity contribution in [2.45, 2.75) is 32.1 Å². The summed E-state index contributed by atoms with van der Waals surface area (Å²) in [5.41, 5.74) is -0.356. The molecule has 0 bridgehead atoms. The highest BCUT2D eigenvalue weighted by Crippen LogP contribution is 2.29. The summed E-state index contributed by atoms with van der Waals surface area (Å²) in [7, 11) is -3.83. The van der Waals surface area contributed by atoms with E-state index in [1.54, 1.807) is 19.1 Å². The Hall–Kier alpha value is -2.26. The fourth-order valence-electron chi connectivity index (χ4n) is 2.84. The molecule has 1 atom stereocenters. The van der Waals surface area contributed by atoms with Crippen LogP contribution in [0.4, 0.5) is 18.9 Å². The van der Waals surface area contributed by atoms with Gasteiger partial charge in [-0.1, -0.05) is 36.7 Å². The zero-order chi connectivity index (χ0) is 21.8. The van der Waals surface area contributed by atoms with Crippen LogP contribution in [0.2, 0.25) is 5.02 Å². The highest BCUT2D eigenvalue weighted by atomic mass is 35.5. The number of sulfonamides is 1. The number of hydrogen-bond donors (Lipinski definition) is 1. The van der Waals surface area contributed by atoms with Gasteiger partial charge in [-0.2, -0.15) is 13.2 Å². The summed E-state index contributed by atoms with van der Waals surface area (Å²) in [6.07, 6.45) is -3.38. The Bertz CT molecular complexity index is 981. The SMILES string of the molecule is CC[C@@H](C(=O)NCc1cccc(C(F)(F)F)c1)N(c1cccc(Cl)c1)S(C)(=O)=O. The Kier molecular flexibility index (Phi) is 7.18. The lowest BCUT2D eigenvalue weighted by atomic mass is 10.1. The van der Waals surface area contributed by atoms with E-state index in [1.165, 1.54) is 24.3 Å². The Morgan fingerprint density at radius 2 is 1.83 bits per heavy atom. The number of hydrogen-bond acceptors (Lipinski definition) is 3. The summed E-state index contributed by atoms with van der Waals surface area (Å²) in [5, 5.41) is 2.82. The van der Waals surface area contributed by atoms with Crippen LogP contribution in [0.5, 0.6) is 0 Å². The van der Waals surface area contributed by atoms with E-state index in [0.29, 0.717) is 5.02 Å². The van der Waals surface area contributed by atoms with Gasteiger partial charge in [-0.25, -0.2) is 8.42 Å². The van der Waals surface area contributed by atoms with Crippen molar-refractivity contribution in [3.05, 3.63) is 64.7 Å². The van der Waals surface area contributed by atoms with Crippen LogP contribution in [-0.2, 0) is 27.5 Å². The molecule has 0 aliphatic rings. The van der Waals surface area contributed by atoms with Crippen molar-refractivity contribution < 1.29 is 26.4 Å². The maximum atomic E-state index is 12.8. The molecule has 0 saturated carbocycles. The first-order chi connectivity index (χ1) is 13.4. The number of nitrogens with one attached hydrogen (secondary N) is 1. The lowest BCUT2D eigenvalue weighted by Gasteiger charge is -2.30. The lowest BCUT2D eigenvalue weighted by Crippen LogP contribution is -2.49. The van der Waals surface area contributed by atoms with Crippen molar-refractivity contribution in [2.24, 2.45) is 0 Å². The predicted molar refractivity (Wildman–Crippen MR) is 106 cm³/mol. The maximum absolute atomic E-state index is 12.8. The van der Waals surface area contributed by atoms with Crippen LogP contribution >= 0.6 is 11.6 Å². The van der Waals surface area contributed by atoms with Gasteiger partial charge in [0.05, 0.1) is 17.5 Å². The van der Waals surface area contributed by atoms with Gasteiger partial charge in [0.2, 0.25) is 15.9 Å². The smallest absolute Gasteiger partial charge is 0.350 e. The number of halogens is 4. The number of nitrogens with zero attached hydrogens (tertiary/aromatic N) is 1. The second-order valence-electron chi connectivity index (χ2n) is 6.38. The normalized spacial score (nSPS) is 13.0. The lowest BCUT2D eigenvalue weighted by molar-refractivity contribution is -0.137. The van der Waals surface area contributed by atoms with E-state index < -0.39 is 33.7 Å². The molecule has 2 aromatic carbocycles. The average molecular weight is 449 g/mol. The van der Waals surface area contributed by atoms with Crippen LogP contribution in [0.15, 0.2) is 48.5 Å². The fraction of sp³-hybridized carbons (Fsp3) is 0.316. The van der Waals surface area contributed by atoms with E-state index in [0.717, 1.165) is 22.7 Å². The van der Waals surface area contributed by atoms with Crippen LogP contribution in [-0.4, -0.2) is 26.6 Å². The topological polar surface area (TPSA) is 66.5 Å². The minimum Gasteiger partial charge on any atom is -0.350 e. The van der Waals surface area contributed by atoms with E-state index in [9.17, 15) is 26.4 Å². The van der Waals surface area contributed by atoms with Gasteiger partial charge in [0, 0.05) is 11.6 Å². The molecule has 0 aliphatic carbocycles. The van der Waals surface area contributed by atoms with E-state index in [-0.39, 0.29) is 24.2 Å². The molecule has 0 aromatic heterocycles. The van der Waals surface area contributed by atoms with E-state index in [1.807, 2.05) is 0 Å². The van der Waals surface area contributed by atoms with Crippen molar-refractivity contribution in [3.8, 4) is 0 Å². The number of carbonyl (C=O) groups excluding carboxylic acids is 1. The third kappa shape index (κ3) is 6.11. The second kappa shape index (κ2) is 9.04. The Morgan fingerprint density at radius 1 is 1.17 bits per heavy atom. The maximum Gasteiger partial charge on any atom is 0.416 e. The predicted octanol–water partition coefficient (Wildman–Crippen LogP) is 4.22. The van der Waals surface area contributed by atoms with Crippen molar-refractivity contribution >= 4 is 33.2 Å². The minimum atomic E-state index is -4.49. The van der Waals surface area contributed by atoms with Gasteiger partial charge in [0.15, 0.2) is 0 Å². The molecule has 1 N–H and O–H groups in total. The number of benzene rings is 2. The van der Waals surface area contributed by atoms with Crippen LogP contribution in [0.25, 0.3) is 0 Å². The summed E-state index contributed by atoms with van der Waals surface area (Å²) in [6.45, 7) is 1.46. The molecule has 0 aliphatic heterocycles. The van der Waals surface area contributed by atoms with Gasteiger partial charge in [-0.05, 0) is 42.3 Å². The van der Waals surface area contributed by atoms with Gasteiger partial charge in [0.25, 0.3) is 0 Å². The molecule has 2 aromatic rings. The second-order valence-corrected chi connectivity index (χ2v) is 8.67. The molecule has 10 heteroatoms. The van der Waals surface area contributed by atoms with Crippen molar-refractivity contribution in [2.75, 3.05) is 10.6 Å². The molecule has 1 amide bonds. The first-order valence-electron chi connectivity index (χ1n) is 8.62. The summed E-state index contributed by atoms with van der Waals surface area (Å²) in [4.78, 5) is 12.7. The van der Waals surface area contributed by atoms with Crippen molar-refractivity contribution in [1.82, 2.24) is 5.32 Å². The van der Waals surface area contributed by atoms with Gasteiger partial charge in [0.1, 0.15) is 6.04 Å². The standard InChI is InChI=1S/C19H20ClF3N2O3S/c1-3-17(25(29(2,27)28)16-9-5-8-15(20)11-16)18(26)24-12-13-6-4-7-14(10-13)19(21,22)23/h4-11,17H,3,12H2,1-2H3,(H,24,26)/t17-/m0/s1. The summed E-state index contributed by atoms with van der Waals surface area (Å²) >= 11 is 5.95. The zero-order valence-corrected chi connectivity index (χ0v) is 17.3. The molecule has 0 radical (unpaired) electrons. The van der Waals surface area contributed by atoms with Crippen LogP contribution in [0, 0.1) is 0 Å². The first kappa shape index (κ1) is 23.0. The number of anilines is 1. The highest BCUT2D eigenvalue weighted by Gasteiger charge is 2.32. The quantitative estimate of drug-likeness (QED) is 0.689.